The predicted octanol–water partition coefficient (Wildman–Crippen LogP) is 2.53. The van der Waals surface area contributed by atoms with Crippen molar-refractivity contribution in [3.05, 3.63) is 22.8 Å². The van der Waals surface area contributed by atoms with Crippen LogP contribution in [0.2, 0.25) is 0 Å². The minimum atomic E-state index is -3.26. The SMILES string of the molecule is O=S(=O)(Nc1cc(Br)ccn1)C1CCCC1. The second kappa shape index (κ2) is 4.71. The van der Waals surface area contributed by atoms with Gasteiger partial charge in [-0.05, 0) is 25.0 Å². The molecule has 1 saturated carbocycles. The minimum Gasteiger partial charge on any atom is -0.267 e. The lowest BCUT2D eigenvalue weighted by Crippen LogP contribution is -2.25. The third kappa shape index (κ3) is 2.74. The molecule has 0 saturated heterocycles. The number of pyridine rings is 1. The molecule has 1 aliphatic carbocycles. The number of nitrogens with zero attached hydrogens (tertiary/aromatic N) is 1. The molecule has 1 aliphatic rings. The maximum absolute atomic E-state index is 11.9. The zero-order chi connectivity index (χ0) is 11.6. The lowest BCUT2D eigenvalue weighted by molar-refractivity contribution is 0.585. The van der Waals surface area contributed by atoms with E-state index in [0.717, 1.165) is 30.2 Å². The van der Waals surface area contributed by atoms with Gasteiger partial charge in [-0.2, -0.15) is 0 Å². The Morgan fingerprint density at radius 2 is 2.06 bits per heavy atom. The summed E-state index contributed by atoms with van der Waals surface area (Å²) in [6.45, 7) is 0. The molecular weight excluding hydrogens is 292 g/mol. The summed E-state index contributed by atoms with van der Waals surface area (Å²) >= 11 is 3.28. The molecule has 1 fully saturated rings. The Labute approximate surface area is 104 Å². The van der Waals surface area contributed by atoms with Gasteiger partial charge in [0.05, 0.1) is 5.25 Å². The van der Waals surface area contributed by atoms with Crippen LogP contribution in [0.25, 0.3) is 0 Å². The van der Waals surface area contributed by atoms with E-state index in [0.29, 0.717) is 5.82 Å². The van der Waals surface area contributed by atoms with Crippen LogP contribution in [-0.4, -0.2) is 18.7 Å². The fourth-order valence-electron chi connectivity index (χ4n) is 1.89. The van der Waals surface area contributed by atoms with Gasteiger partial charge >= 0.3 is 0 Å². The molecule has 0 aliphatic heterocycles. The lowest BCUT2D eigenvalue weighted by atomic mass is 10.4. The summed E-state index contributed by atoms with van der Waals surface area (Å²) in [5, 5.41) is -0.256. The number of aromatic nitrogens is 1. The third-order valence-electron chi connectivity index (χ3n) is 2.71. The van der Waals surface area contributed by atoms with Crippen molar-refractivity contribution in [1.29, 1.82) is 0 Å². The van der Waals surface area contributed by atoms with Gasteiger partial charge in [-0.3, -0.25) is 4.72 Å². The van der Waals surface area contributed by atoms with E-state index in [-0.39, 0.29) is 5.25 Å². The number of anilines is 1. The fraction of sp³-hybridized carbons (Fsp3) is 0.500. The van der Waals surface area contributed by atoms with Gasteiger partial charge in [0, 0.05) is 10.7 Å². The van der Waals surface area contributed by atoms with E-state index in [9.17, 15) is 8.42 Å². The van der Waals surface area contributed by atoms with Gasteiger partial charge in [0.2, 0.25) is 10.0 Å². The zero-order valence-corrected chi connectivity index (χ0v) is 11.1. The van der Waals surface area contributed by atoms with E-state index >= 15 is 0 Å². The molecule has 0 amide bonds. The third-order valence-corrected chi connectivity index (χ3v) is 5.05. The Morgan fingerprint density at radius 1 is 1.38 bits per heavy atom. The molecular formula is C10H13BrN2O2S. The average Bonchev–Trinajstić information content (AvgIpc) is 2.69. The molecule has 1 N–H and O–H groups in total. The first-order valence-corrected chi connectivity index (χ1v) is 7.55. The van der Waals surface area contributed by atoms with Crippen molar-refractivity contribution < 1.29 is 8.42 Å². The minimum absolute atomic E-state index is 0.256. The summed E-state index contributed by atoms with van der Waals surface area (Å²) in [6, 6.07) is 3.42. The van der Waals surface area contributed by atoms with Gasteiger partial charge in [-0.15, -0.1) is 0 Å². The molecule has 0 radical (unpaired) electrons. The van der Waals surface area contributed by atoms with E-state index in [1.165, 1.54) is 0 Å². The van der Waals surface area contributed by atoms with Crippen LogP contribution >= 0.6 is 15.9 Å². The number of hydrogen-bond acceptors (Lipinski definition) is 3. The number of sulfonamides is 1. The standard InChI is InChI=1S/C10H13BrN2O2S/c11-8-5-6-12-10(7-8)13-16(14,15)9-3-1-2-4-9/h5-7,9H,1-4H2,(H,12,13). The van der Waals surface area contributed by atoms with Gasteiger partial charge in [-0.1, -0.05) is 28.8 Å². The lowest BCUT2D eigenvalue weighted by Gasteiger charge is -2.12. The van der Waals surface area contributed by atoms with Crippen molar-refractivity contribution in [3.8, 4) is 0 Å². The van der Waals surface area contributed by atoms with Gasteiger partial charge in [0.15, 0.2) is 0 Å². The molecule has 0 atom stereocenters. The second-order valence-corrected chi connectivity index (χ2v) is 6.79. The van der Waals surface area contributed by atoms with Crippen molar-refractivity contribution in [2.75, 3.05) is 4.72 Å². The summed E-state index contributed by atoms with van der Waals surface area (Å²) in [6.07, 6.45) is 5.07. The first-order valence-electron chi connectivity index (χ1n) is 5.21. The smallest absolute Gasteiger partial charge is 0.236 e. The van der Waals surface area contributed by atoms with Gasteiger partial charge in [0.1, 0.15) is 5.82 Å². The fourth-order valence-corrected chi connectivity index (χ4v) is 3.75. The highest BCUT2D eigenvalue weighted by Crippen LogP contribution is 2.26. The molecule has 2 rings (SSSR count). The molecule has 0 spiro atoms. The van der Waals surface area contributed by atoms with Crippen LogP contribution in [0.1, 0.15) is 25.7 Å². The first-order chi connectivity index (χ1) is 7.58. The van der Waals surface area contributed by atoms with Crippen molar-refractivity contribution in [2.45, 2.75) is 30.9 Å². The number of rotatable bonds is 3. The van der Waals surface area contributed by atoms with E-state index in [2.05, 4.69) is 25.6 Å². The Kier molecular flexibility index (Phi) is 3.49. The van der Waals surface area contributed by atoms with Crippen molar-refractivity contribution in [1.82, 2.24) is 4.98 Å². The van der Waals surface area contributed by atoms with Crippen LogP contribution in [0.3, 0.4) is 0 Å². The van der Waals surface area contributed by atoms with Gasteiger partial charge < -0.3 is 0 Å². The van der Waals surface area contributed by atoms with E-state index in [1.54, 1.807) is 18.3 Å². The van der Waals surface area contributed by atoms with Gasteiger partial charge in [-0.25, -0.2) is 13.4 Å². The zero-order valence-electron chi connectivity index (χ0n) is 8.69. The summed E-state index contributed by atoms with van der Waals surface area (Å²) in [5.41, 5.74) is 0. The van der Waals surface area contributed by atoms with Crippen LogP contribution in [0.4, 0.5) is 5.82 Å². The number of halogens is 1. The quantitative estimate of drug-likeness (QED) is 0.933. The summed E-state index contributed by atoms with van der Waals surface area (Å²) < 4.78 is 27.2. The molecule has 1 heterocycles. The summed E-state index contributed by atoms with van der Waals surface area (Å²) in [5.74, 6) is 0.376. The Bertz CT molecular complexity index is 469. The van der Waals surface area contributed by atoms with Gasteiger partial charge in [0.25, 0.3) is 0 Å². The number of nitrogens with one attached hydrogen (secondary N) is 1. The summed E-state index contributed by atoms with van der Waals surface area (Å²) in [4.78, 5) is 3.98. The van der Waals surface area contributed by atoms with Crippen molar-refractivity contribution in [3.63, 3.8) is 0 Å². The molecule has 16 heavy (non-hydrogen) atoms. The topological polar surface area (TPSA) is 59.1 Å². The Balaban J connectivity index is 2.14. The van der Waals surface area contributed by atoms with Crippen molar-refractivity contribution >= 4 is 31.8 Å². The normalized spacial score (nSPS) is 17.6. The first kappa shape index (κ1) is 11.9. The molecule has 1 aromatic heterocycles. The Hall–Kier alpha value is -0.620. The molecule has 0 aromatic carbocycles. The van der Waals surface area contributed by atoms with E-state index < -0.39 is 10.0 Å². The predicted molar refractivity (Wildman–Crippen MR) is 66.7 cm³/mol. The average molecular weight is 305 g/mol. The second-order valence-electron chi connectivity index (χ2n) is 3.91. The van der Waals surface area contributed by atoms with E-state index in [4.69, 9.17) is 0 Å². The van der Waals surface area contributed by atoms with Crippen LogP contribution in [0, 0.1) is 0 Å². The summed E-state index contributed by atoms with van der Waals surface area (Å²) in [7, 11) is -3.26. The van der Waals surface area contributed by atoms with Crippen LogP contribution in [0.15, 0.2) is 22.8 Å². The van der Waals surface area contributed by atoms with Crippen molar-refractivity contribution in [2.24, 2.45) is 0 Å². The molecule has 88 valence electrons. The number of hydrogen-bond donors (Lipinski definition) is 1. The molecule has 1 aromatic rings. The maximum atomic E-state index is 11.9. The molecule has 0 unspecified atom stereocenters. The van der Waals surface area contributed by atoms with E-state index in [1.807, 2.05) is 0 Å². The largest absolute Gasteiger partial charge is 0.267 e. The van der Waals surface area contributed by atoms with Crippen LogP contribution < -0.4 is 4.72 Å². The Morgan fingerprint density at radius 3 is 2.69 bits per heavy atom. The molecule has 6 heteroatoms. The molecule has 4 nitrogen and oxygen atoms in total. The highest BCUT2D eigenvalue weighted by atomic mass is 79.9. The van der Waals surface area contributed by atoms with Crippen LogP contribution in [-0.2, 0) is 10.0 Å². The van der Waals surface area contributed by atoms with Crippen LogP contribution in [0.5, 0.6) is 0 Å². The monoisotopic (exact) mass is 304 g/mol. The highest BCUT2D eigenvalue weighted by molar-refractivity contribution is 9.10. The maximum Gasteiger partial charge on any atom is 0.236 e. The molecule has 0 bridgehead atoms. The highest BCUT2D eigenvalue weighted by Gasteiger charge is 2.28.